The van der Waals surface area contributed by atoms with Crippen LogP contribution >= 0.6 is 0 Å². The first kappa shape index (κ1) is 17.2. The maximum atomic E-state index is 12.1. The van der Waals surface area contributed by atoms with Crippen molar-refractivity contribution in [3.05, 3.63) is 24.3 Å². The molecule has 2 rings (SSSR count). The zero-order chi connectivity index (χ0) is 16.0. The van der Waals surface area contributed by atoms with Crippen molar-refractivity contribution in [2.75, 3.05) is 13.2 Å². The van der Waals surface area contributed by atoms with Gasteiger partial charge >= 0.3 is 0 Å². The molecule has 0 heterocycles. The van der Waals surface area contributed by atoms with Gasteiger partial charge in [-0.2, -0.15) is 0 Å². The SMILES string of the molecule is CC(C)OCCNS(=O)(=O)c1ccc(OC2CCCC2)cc1. The van der Waals surface area contributed by atoms with Crippen LogP contribution < -0.4 is 9.46 Å². The smallest absolute Gasteiger partial charge is 0.240 e. The summed E-state index contributed by atoms with van der Waals surface area (Å²) in [7, 11) is -3.49. The number of nitrogens with one attached hydrogen (secondary N) is 1. The fourth-order valence-electron chi connectivity index (χ4n) is 2.45. The molecule has 22 heavy (non-hydrogen) atoms. The molecular weight excluding hydrogens is 302 g/mol. The van der Waals surface area contributed by atoms with Crippen LogP contribution in [0.3, 0.4) is 0 Å². The lowest BCUT2D eigenvalue weighted by Gasteiger charge is -2.13. The Labute approximate surface area is 133 Å². The summed E-state index contributed by atoms with van der Waals surface area (Å²) in [5, 5.41) is 0. The first-order valence-electron chi connectivity index (χ1n) is 7.85. The predicted molar refractivity (Wildman–Crippen MR) is 85.6 cm³/mol. The van der Waals surface area contributed by atoms with Crippen LogP contribution in [0.2, 0.25) is 0 Å². The van der Waals surface area contributed by atoms with Gasteiger partial charge in [0.2, 0.25) is 10.0 Å². The second-order valence-electron chi connectivity index (χ2n) is 5.81. The number of sulfonamides is 1. The highest BCUT2D eigenvalue weighted by Gasteiger charge is 2.17. The van der Waals surface area contributed by atoms with Crippen LogP contribution in [0.1, 0.15) is 39.5 Å². The molecule has 1 aliphatic rings. The van der Waals surface area contributed by atoms with E-state index in [1.807, 2.05) is 13.8 Å². The van der Waals surface area contributed by atoms with E-state index in [2.05, 4.69) is 4.72 Å². The molecule has 6 heteroatoms. The second-order valence-corrected chi connectivity index (χ2v) is 7.58. The number of benzene rings is 1. The van der Waals surface area contributed by atoms with E-state index in [1.165, 1.54) is 12.8 Å². The highest BCUT2D eigenvalue weighted by molar-refractivity contribution is 7.89. The molecule has 0 amide bonds. The van der Waals surface area contributed by atoms with E-state index in [9.17, 15) is 8.42 Å². The normalized spacial score (nSPS) is 16.3. The highest BCUT2D eigenvalue weighted by Crippen LogP contribution is 2.24. The zero-order valence-electron chi connectivity index (χ0n) is 13.2. The lowest BCUT2D eigenvalue weighted by molar-refractivity contribution is 0.0834. The molecule has 0 aliphatic heterocycles. The monoisotopic (exact) mass is 327 g/mol. The van der Waals surface area contributed by atoms with Crippen LogP contribution in [0.15, 0.2) is 29.2 Å². The molecule has 0 aromatic heterocycles. The van der Waals surface area contributed by atoms with Crippen molar-refractivity contribution in [1.29, 1.82) is 0 Å². The lowest BCUT2D eigenvalue weighted by Crippen LogP contribution is -2.28. The van der Waals surface area contributed by atoms with Gasteiger partial charge in [0.05, 0.1) is 23.7 Å². The number of hydrogen-bond acceptors (Lipinski definition) is 4. The Morgan fingerprint density at radius 3 is 2.41 bits per heavy atom. The van der Waals surface area contributed by atoms with E-state index in [-0.39, 0.29) is 23.6 Å². The molecule has 1 fully saturated rings. The van der Waals surface area contributed by atoms with E-state index >= 15 is 0 Å². The first-order chi connectivity index (χ1) is 10.5. The molecule has 1 aromatic rings. The minimum atomic E-state index is -3.49. The van der Waals surface area contributed by atoms with Gasteiger partial charge in [0.1, 0.15) is 5.75 Å². The Bertz CT molecular complexity index is 548. The molecule has 124 valence electrons. The van der Waals surface area contributed by atoms with Crippen LogP contribution in [-0.2, 0) is 14.8 Å². The maximum Gasteiger partial charge on any atom is 0.240 e. The molecule has 0 atom stereocenters. The summed E-state index contributed by atoms with van der Waals surface area (Å²) in [6.45, 7) is 4.45. The van der Waals surface area contributed by atoms with Crippen LogP contribution in [0.25, 0.3) is 0 Å². The van der Waals surface area contributed by atoms with Gasteiger partial charge in [0.25, 0.3) is 0 Å². The van der Waals surface area contributed by atoms with E-state index in [1.54, 1.807) is 24.3 Å². The van der Waals surface area contributed by atoms with Gasteiger partial charge in [-0.3, -0.25) is 0 Å². The van der Waals surface area contributed by atoms with Gasteiger partial charge in [-0.15, -0.1) is 0 Å². The quantitative estimate of drug-likeness (QED) is 0.746. The minimum Gasteiger partial charge on any atom is -0.490 e. The van der Waals surface area contributed by atoms with Crippen LogP contribution in [0, 0.1) is 0 Å². The van der Waals surface area contributed by atoms with Crippen molar-refractivity contribution in [2.45, 2.75) is 56.6 Å². The van der Waals surface area contributed by atoms with Crippen molar-refractivity contribution in [3.63, 3.8) is 0 Å². The molecular formula is C16H25NO4S. The van der Waals surface area contributed by atoms with Gasteiger partial charge in [0.15, 0.2) is 0 Å². The molecule has 5 nitrogen and oxygen atoms in total. The third-order valence-electron chi connectivity index (χ3n) is 3.58. The number of hydrogen-bond donors (Lipinski definition) is 1. The highest BCUT2D eigenvalue weighted by atomic mass is 32.2. The third-order valence-corrected chi connectivity index (χ3v) is 5.06. The summed E-state index contributed by atoms with van der Waals surface area (Å²) in [5.74, 6) is 0.731. The van der Waals surface area contributed by atoms with Crippen molar-refractivity contribution in [1.82, 2.24) is 4.72 Å². The number of rotatable bonds is 8. The molecule has 0 spiro atoms. The summed E-state index contributed by atoms with van der Waals surface area (Å²) in [6.07, 6.45) is 4.94. The average molecular weight is 327 g/mol. The summed E-state index contributed by atoms with van der Waals surface area (Å²) < 4.78 is 37.9. The Hall–Kier alpha value is -1.11. The van der Waals surface area contributed by atoms with Gasteiger partial charge in [-0.1, -0.05) is 0 Å². The fourth-order valence-corrected chi connectivity index (χ4v) is 3.46. The zero-order valence-corrected chi connectivity index (χ0v) is 14.1. The van der Waals surface area contributed by atoms with Crippen molar-refractivity contribution < 1.29 is 17.9 Å². The summed E-state index contributed by atoms with van der Waals surface area (Å²) >= 11 is 0. The van der Waals surface area contributed by atoms with Gasteiger partial charge in [-0.25, -0.2) is 13.1 Å². The average Bonchev–Trinajstić information content (AvgIpc) is 2.97. The van der Waals surface area contributed by atoms with E-state index < -0.39 is 10.0 Å². The largest absolute Gasteiger partial charge is 0.490 e. The van der Waals surface area contributed by atoms with Crippen molar-refractivity contribution >= 4 is 10.0 Å². The Kier molecular flexibility index (Phi) is 6.23. The topological polar surface area (TPSA) is 64.6 Å². The standard InChI is InChI=1S/C16H25NO4S/c1-13(2)20-12-11-17-22(18,19)16-9-7-15(8-10-16)21-14-5-3-4-6-14/h7-10,13-14,17H,3-6,11-12H2,1-2H3. The van der Waals surface area contributed by atoms with Gasteiger partial charge in [-0.05, 0) is 63.8 Å². The fraction of sp³-hybridized carbons (Fsp3) is 0.625. The van der Waals surface area contributed by atoms with Crippen LogP contribution in [0.4, 0.5) is 0 Å². The summed E-state index contributed by atoms with van der Waals surface area (Å²) in [4.78, 5) is 0.246. The third kappa shape index (κ3) is 5.26. The minimum absolute atomic E-state index is 0.0940. The van der Waals surface area contributed by atoms with Crippen molar-refractivity contribution in [2.24, 2.45) is 0 Å². The van der Waals surface area contributed by atoms with E-state index in [0.717, 1.165) is 18.6 Å². The summed E-state index contributed by atoms with van der Waals surface area (Å²) in [6, 6.07) is 6.60. The van der Waals surface area contributed by atoms with E-state index in [0.29, 0.717) is 6.61 Å². The van der Waals surface area contributed by atoms with E-state index in [4.69, 9.17) is 9.47 Å². The van der Waals surface area contributed by atoms with Crippen molar-refractivity contribution in [3.8, 4) is 5.75 Å². The molecule has 1 aliphatic carbocycles. The molecule has 0 radical (unpaired) electrons. The molecule has 0 unspecified atom stereocenters. The van der Waals surface area contributed by atoms with Gasteiger partial charge < -0.3 is 9.47 Å². The predicted octanol–water partition coefficient (Wildman–Crippen LogP) is 2.71. The first-order valence-corrected chi connectivity index (χ1v) is 9.34. The molecule has 0 saturated heterocycles. The molecule has 1 saturated carbocycles. The van der Waals surface area contributed by atoms with Gasteiger partial charge in [0, 0.05) is 6.54 Å². The molecule has 0 bridgehead atoms. The molecule has 1 N–H and O–H groups in total. The maximum absolute atomic E-state index is 12.1. The Balaban J connectivity index is 1.87. The Morgan fingerprint density at radius 1 is 1.18 bits per heavy atom. The summed E-state index contributed by atoms with van der Waals surface area (Å²) in [5.41, 5.74) is 0. The number of ether oxygens (including phenoxy) is 2. The second kappa shape index (κ2) is 7.94. The van der Waals surface area contributed by atoms with Crippen LogP contribution in [-0.4, -0.2) is 33.8 Å². The van der Waals surface area contributed by atoms with Crippen LogP contribution in [0.5, 0.6) is 5.75 Å². The molecule has 1 aromatic carbocycles. The lowest BCUT2D eigenvalue weighted by atomic mass is 10.3. The Morgan fingerprint density at radius 2 is 1.82 bits per heavy atom.